The second-order valence-corrected chi connectivity index (χ2v) is 3.03. The summed E-state index contributed by atoms with van der Waals surface area (Å²) in [5.74, 6) is -2.21. The van der Waals surface area contributed by atoms with Crippen LogP contribution in [0.4, 0.5) is 14.5 Å². The average Bonchev–Trinajstić information content (AvgIpc) is 2.46. The molecule has 3 N–H and O–H groups in total. The first-order valence-corrected chi connectivity index (χ1v) is 4.26. The number of hydrogen-bond acceptors (Lipinski definition) is 3. The number of H-pyrrole nitrogens is 1. The molecule has 6 nitrogen and oxygen atoms in total. The Morgan fingerprint density at radius 2 is 2.19 bits per heavy atom. The van der Waals surface area contributed by atoms with E-state index in [1.807, 2.05) is 0 Å². The zero-order valence-electron chi connectivity index (χ0n) is 8.25. The van der Waals surface area contributed by atoms with Gasteiger partial charge in [-0.3, -0.25) is 14.7 Å². The summed E-state index contributed by atoms with van der Waals surface area (Å²) < 4.78 is 24.8. The number of aromatic nitrogens is 2. The van der Waals surface area contributed by atoms with Crippen molar-refractivity contribution in [2.45, 2.75) is 19.8 Å². The fourth-order valence-corrected chi connectivity index (χ4v) is 1.08. The van der Waals surface area contributed by atoms with E-state index in [0.717, 1.165) is 0 Å². The molecule has 1 amide bonds. The first kappa shape index (κ1) is 12.1. The van der Waals surface area contributed by atoms with Gasteiger partial charge in [0.1, 0.15) is 6.42 Å². The molecular formula is C8H9F2N3O3. The topological polar surface area (TPSA) is 95.1 Å². The number of aryl methyl sites for hydroxylation is 1. The standard InChI is InChI=1S/C8H9F2N3O3/c1-3-6(7(8(9)10)13-12-3)11-4(14)2-5(15)16/h8H,2H2,1H3,(H,11,14)(H,12,13)(H,15,16). The minimum atomic E-state index is -2.84. The maximum atomic E-state index is 12.4. The minimum Gasteiger partial charge on any atom is -0.481 e. The lowest BCUT2D eigenvalue weighted by molar-refractivity contribution is -0.139. The molecule has 0 radical (unpaired) electrons. The molecule has 0 saturated heterocycles. The Bertz CT molecular complexity index is 417. The third kappa shape index (κ3) is 2.75. The van der Waals surface area contributed by atoms with Crippen molar-refractivity contribution in [3.63, 3.8) is 0 Å². The summed E-state index contributed by atoms with van der Waals surface area (Å²) in [7, 11) is 0. The van der Waals surface area contributed by atoms with Gasteiger partial charge in [0.25, 0.3) is 6.43 Å². The van der Waals surface area contributed by atoms with Crippen LogP contribution in [-0.2, 0) is 9.59 Å². The lowest BCUT2D eigenvalue weighted by Gasteiger charge is -2.04. The van der Waals surface area contributed by atoms with Crippen LogP contribution in [0.25, 0.3) is 0 Å². The van der Waals surface area contributed by atoms with E-state index in [2.05, 4.69) is 15.5 Å². The second kappa shape index (κ2) is 4.69. The van der Waals surface area contributed by atoms with Gasteiger partial charge in [-0.2, -0.15) is 5.10 Å². The molecule has 1 rings (SSSR count). The smallest absolute Gasteiger partial charge is 0.312 e. The van der Waals surface area contributed by atoms with Crippen LogP contribution >= 0.6 is 0 Å². The van der Waals surface area contributed by atoms with E-state index in [1.165, 1.54) is 6.92 Å². The third-order valence-electron chi connectivity index (χ3n) is 1.76. The number of carbonyl (C=O) groups excluding carboxylic acids is 1. The van der Waals surface area contributed by atoms with Gasteiger partial charge in [-0.25, -0.2) is 8.78 Å². The molecule has 16 heavy (non-hydrogen) atoms. The van der Waals surface area contributed by atoms with Crippen LogP contribution in [0.3, 0.4) is 0 Å². The summed E-state index contributed by atoms with van der Waals surface area (Å²) in [5, 5.41) is 16.0. The maximum Gasteiger partial charge on any atom is 0.312 e. The molecule has 0 fully saturated rings. The number of carboxylic acid groups (broad SMARTS) is 1. The number of carboxylic acids is 1. The van der Waals surface area contributed by atoms with Crippen LogP contribution in [-0.4, -0.2) is 27.2 Å². The molecule has 0 aliphatic carbocycles. The van der Waals surface area contributed by atoms with Crippen molar-refractivity contribution in [2.24, 2.45) is 0 Å². The Labute approximate surface area is 88.7 Å². The van der Waals surface area contributed by atoms with Crippen molar-refractivity contribution in [3.05, 3.63) is 11.4 Å². The van der Waals surface area contributed by atoms with Crippen LogP contribution in [0.2, 0.25) is 0 Å². The number of alkyl halides is 2. The number of aromatic amines is 1. The normalized spacial score (nSPS) is 10.5. The van der Waals surface area contributed by atoms with Gasteiger partial charge in [0, 0.05) is 0 Å². The largest absolute Gasteiger partial charge is 0.481 e. The molecule has 0 unspecified atom stereocenters. The number of carbonyl (C=O) groups is 2. The number of hydrogen-bond donors (Lipinski definition) is 3. The Kier molecular flexibility index (Phi) is 3.54. The molecule has 0 aromatic carbocycles. The van der Waals surface area contributed by atoms with Crippen LogP contribution < -0.4 is 5.32 Å². The van der Waals surface area contributed by atoms with E-state index >= 15 is 0 Å². The van der Waals surface area contributed by atoms with E-state index in [1.54, 1.807) is 0 Å². The summed E-state index contributed by atoms with van der Waals surface area (Å²) in [6.07, 6.45) is -3.63. The van der Waals surface area contributed by atoms with Crippen LogP contribution in [0.5, 0.6) is 0 Å². The van der Waals surface area contributed by atoms with Crippen LogP contribution in [0, 0.1) is 6.92 Å². The zero-order chi connectivity index (χ0) is 12.3. The lowest BCUT2D eigenvalue weighted by atomic mass is 10.3. The maximum absolute atomic E-state index is 12.4. The highest BCUT2D eigenvalue weighted by Gasteiger charge is 2.21. The van der Waals surface area contributed by atoms with Gasteiger partial charge in [-0.05, 0) is 6.92 Å². The van der Waals surface area contributed by atoms with Crippen molar-refractivity contribution < 1.29 is 23.5 Å². The number of nitrogens with zero attached hydrogens (tertiary/aromatic N) is 1. The first-order valence-electron chi connectivity index (χ1n) is 4.26. The van der Waals surface area contributed by atoms with Gasteiger partial charge in [-0.1, -0.05) is 0 Å². The van der Waals surface area contributed by atoms with Crippen molar-refractivity contribution in [1.29, 1.82) is 0 Å². The predicted molar refractivity (Wildman–Crippen MR) is 49.2 cm³/mol. The Balaban J connectivity index is 2.83. The van der Waals surface area contributed by atoms with Crippen molar-refractivity contribution >= 4 is 17.6 Å². The highest BCUT2D eigenvalue weighted by Crippen LogP contribution is 2.27. The average molecular weight is 233 g/mol. The van der Waals surface area contributed by atoms with Gasteiger partial charge < -0.3 is 10.4 Å². The highest BCUT2D eigenvalue weighted by molar-refractivity contribution is 6.01. The number of aliphatic carboxylic acids is 1. The van der Waals surface area contributed by atoms with E-state index < -0.39 is 30.4 Å². The first-order chi connectivity index (χ1) is 7.41. The van der Waals surface area contributed by atoms with Gasteiger partial charge in [-0.15, -0.1) is 0 Å². The summed E-state index contributed by atoms with van der Waals surface area (Å²) in [6, 6.07) is 0. The molecule has 8 heteroatoms. The third-order valence-corrected chi connectivity index (χ3v) is 1.76. The quantitative estimate of drug-likeness (QED) is 0.678. The molecule has 1 heterocycles. The number of nitrogens with one attached hydrogen (secondary N) is 2. The number of anilines is 1. The lowest BCUT2D eigenvalue weighted by Crippen LogP contribution is -2.17. The molecule has 0 spiro atoms. The van der Waals surface area contributed by atoms with Crippen LogP contribution in [0.15, 0.2) is 0 Å². The highest BCUT2D eigenvalue weighted by atomic mass is 19.3. The number of amides is 1. The predicted octanol–water partition coefficient (Wildman–Crippen LogP) is 1.07. The molecule has 0 aliphatic rings. The SMILES string of the molecule is Cc1[nH]nc(C(F)F)c1NC(=O)CC(=O)O. The number of rotatable bonds is 4. The molecular weight excluding hydrogens is 224 g/mol. The van der Waals surface area contributed by atoms with Gasteiger partial charge in [0.15, 0.2) is 5.69 Å². The van der Waals surface area contributed by atoms with Gasteiger partial charge >= 0.3 is 5.97 Å². The summed E-state index contributed by atoms with van der Waals surface area (Å²) >= 11 is 0. The number of halogens is 2. The van der Waals surface area contributed by atoms with E-state index in [4.69, 9.17) is 5.11 Å². The summed E-state index contributed by atoms with van der Waals surface area (Å²) in [6.45, 7) is 1.44. The molecule has 0 atom stereocenters. The minimum absolute atomic E-state index is 0.166. The molecule has 88 valence electrons. The van der Waals surface area contributed by atoms with Crippen LogP contribution in [0.1, 0.15) is 24.2 Å². The molecule has 0 saturated carbocycles. The van der Waals surface area contributed by atoms with E-state index in [0.29, 0.717) is 0 Å². The van der Waals surface area contributed by atoms with E-state index in [-0.39, 0.29) is 11.4 Å². The van der Waals surface area contributed by atoms with Crippen molar-refractivity contribution in [1.82, 2.24) is 10.2 Å². The summed E-state index contributed by atoms with van der Waals surface area (Å²) in [5.41, 5.74) is -0.522. The van der Waals surface area contributed by atoms with E-state index in [9.17, 15) is 18.4 Å². The van der Waals surface area contributed by atoms with Crippen molar-refractivity contribution in [2.75, 3.05) is 5.32 Å². The molecule has 1 aromatic heterocycles. The van der Waals surface area contributed by atoms with Crippen molar-refractivity contribution in [3.8, 4) is 0 Å². The van der Waals surface area contributed by atoms with Gasteiger partial charge in [0.05, 0.1) is 11.4 Å². The molecule has 1 aromatic rings. The Morgan fingerprint density at radius 3 is 2.69 bits per heavy atom. The summed E-state index contributed by atoms with van der Waals surface area (Å²) in [4.78, 5) is 21.3. The Hall–Kier alpha value is -1.99. The fourth-order valence-electron chi connectivity index (χ4n) is 1.08. The monoisotopic (exact) mass is 233 g/mol. The second-order valence-electron chi connectivity index (χ2n) is 3.03. The zero-order valence-corrected chi connectivity index (χ0v) is 8.25. The Morgan fingerprint density at radius 1 is 1.56 bits per heavy atom. The van der Waals surface area contributed by atoms with Gasteiger partial charge in [0.2, 0.25) is 5.91 Å². The fraction of sp³-hybridized carbons (Fsp3) is 0.375. The molecule has 0 aliphatic heterocycles. The molecule has 0 bridgehead atoms.